The summed E-state index contributed by atoms with van der Waals surface area (Å²) in [7, 11) is 0. The molecule has 1 amide bonds. The van der Waals surface area contributed by atoms with E-state index in [2.05, 4.69) is 5.32 Å². The van der Waals surface area contributed by atoms with Crippen LogP contribution in [0, 0.1) is 15.9 Å². The Morgan fingerprint density at radius 2 is 1.90 bits per heavy atom. The van der Waals surface area contributed by atoms with Crippen LogP contribution in [0.25, 0.3) is 0 Å². The molecule has 0 atom stereocenters. The third-order valence-electron chi connectivity index (χ3n) is 2.86. The predicted octanol–water partition coefficient (Wildman–Crippen LogP) is 2.25. The fourth-order valence-corrected chi connectivity index (χ4v) is 1.75. The summed E-state index contributed by atoms with van der Waals surface area (Å²) in [5.74, 6) is -0.953. The summed E-state index contributed by atoms with van der Waals surface area (Å²) in [4.78, 5) is 21.9. The molecule has 2 aromatic rings. The van der Waals surface area contributed by atoms with E-state index in [-0.39, 0.29) is 23.5 Å². The van der Waals surface area contributed by atoms with Crippen molar-refractivity contribution >= 4 is 17.3 Å². The fourth-order valence-electron chi connectivity index (χ4n) is 1.75. The molecule has 0 unspecified atom stereocenters. The number of hydrogen-bond donors (Lipinski definition) is 2. The zero-order chi connectivity index (χ0) is 15.4. The summed E-state index contributed by atoms with van der Waals surface area (Å²) in [6.07, 6.45) is 0. The van der Waals surface area contributed by atoms with Gasteiger partial charge in [-0.05, 0) is 23.8 Å². The topological polar surface area (TPSA) is 98.3 Å². The van der Waals surface area contributed by atoms with Gasteiger partial charge < -0.3 is 11.1 Å². The number of amides is 1. The molecule has 0 saturated carbocycles. The van der Waals surface area contributed by atoms with E-state index >= 15 is 0 Å². The number of nitro groups is 1. The number of carbonyl (C=O) groups is 1. The molecule has 108 valence electrons. The van der Waals surface area contributed by atoms with Gasteiger partial charge in [0, 0.05) is 24.4 Å². The van der Waals surface area contributed by atoms with Gasteiger partial charge in [-0.3, -0.25) is 14.9 Å². The Balaban J connectivity index is 2.02. The highest BCUT2D eigenvalue weighted by Gasteiger charge is 2.10. The third kappa shape index (κ3) is 3.53. The molecule has 0 spiro atoms. The smallest absolute Gasteiger partial charge is 0.269 e. The average Bonchev–Trinajstić information content (AvgIpc) is 2.45. The molecule has 7 heteroatoms. The molecule has 0 aliphatic rings. The molecule has 0 saturated heterocycles. The molecule has 0 aliphatic carbocycles. The molecule has 6 nitrogen and oxygen atoms in total. The highest BCUT2D eigenvalue weighted by molar-refractivity contribution is 5.99. The lowest BCUT2D eigenvalue weighted by Gasteiger charge is -2.07. The van der Waals surface area contributed by atoms with Crippen LogP contribution in [0.1, 0.15) is 15.9 Å². The Hall–Kier alpha value is -2.96. The maximum atomic E-state index is 12.9. The largest absolute Gasteiger partial charge is 0.398 e. The first-order valence-corrected chi connectivity index (χ1v) is 6.04. The average molecular weight is 289 g/mol. The number of carbonyl (C=O) groups excluding carboxylic acids is 1. The Kier molecular flexibility index (Phi) is 4.13. The van der Waals surface area contributed by atoms with Crippen LogP contribution in [0.4, 0.5) is 15.8 Å². The molecule has 0 bridgehead atoms. The van der Waals surface area contributed by atoms with Crippen LogP contribution in [-0.4, -0.2) is 10.8 Å². The van der Waals surface area contributed by atoms with Gasteiger partial charge in [0.2, 0.25) is 0 Å². The highest BCUT2D eigenvalue weighted by Crippen LogP contribution is 2.14. The number of nitrogens with zero attached hydrogens (tertiary/aromatic N) is 1. The van der Waals surface area contributed by atoms with Crippen LogP contribution in [0.5, 0.6) is 0 Å². The first-order chi connectivity index (χ1) is 9.97. The summed E-state index contributed by atoms with van der Waals surface area (Å²) in [5.41, 5.74) is 6.48. The quantitative estimate of drug-likeness (QED) is 0.512. The first-order valence-electron chi connectivity index (χ1n) is 6.04. The van der Waals surface area contributed by atoms with Crippen molar-refractivity contribution in [3.63, 3.8) is 0 Å². The lowest BCUT2D eigenvalue weighted by Crippen LogP contribution is -2.23. The third-order valence-corrected chi connectivity index (χ3v) is 2.86. The Bertz CT molecular complexity index is 686. The maximum absolute atomic E-state index is 12.9. The minimum atomic E-state index is -0.514. The number of nitrogens with two attached hydrogens (primary N) is 1. The lowest BCUT2D eigenvalue weighted by atomic mass is 10.1. The number of nitrogens with one attached hydrogen (secondary N) is 1. The van der Waals surface area contributed by atoms with Crippen molar-refractivity contribution in [2.75, 3.05) is 5.73 Å². The van der Waals surface area contributed by atoms with E-state index in [1.165, 1.54) is 18.2 Å². The number of halogens is 1. The highest BCUT2D eigenvalue weighted by atomic mass is 19.1. The molecule has 3 N–H and O–H groups in total. The second-order valence-electron chi connectivity index (χ2n) is 4.34. The van der Waals surface area contributed by atoms with E-state index in [9.17, 15) is 19.3 Å². The molecule has 0 aliphatic heterocycles. The van der Waals surface area contributed by atoms with E-state index in [4.69, 9.17) is 5.73 Å². The Morgan fingerprint density at radius 1 is 1.24 bits per heavy atom. The normalized spacial score (nSPS) is 10.1. The van der Waals surface area contributed by atoms with E-state index in [0.29, 0.717) is 5.56 Å². The van der Waals surface area contributed by atoms with E-state index in [0.717, 1.165) is 12.1 Å². The zero-order valence-corrected chi connectivity index (χ0v) is 10.9. The predicted molar refractivity (Wildman–Crippen MR) is 75.1 cm³/mol. The fraction of sp³-hybridized carbons (Fsp3) is 0.0714. The Labute approximate surface area is 119 Å². The van der Waals surface area contributed by atoms with Gasteiger partial charge in [0.05, 0.1) is 10.5 Å². The monoisotopic (exact) mass is 289 g/mol. The SMILES string of the molecule is Nc1cc(F)ccc1C(=O)NCc1ccc([N+](=O)[O-])cc1. The standard InChI is InChI=1S/C14H12FN3O3/c15-10-3-6-12(13(16)7-10)14(19)17-8-9-1-4-11(5-2-9)18(20)21/h1-7H,8,16H2,(H,17,19). The van der Waals surface area contributed by atoms with Crippen molar-refractivity contribution in [1.82, 2.24) is 5.32 Å². The van der Waals surface area contributed by atoms with Gasteiger partial charge in [-0.25, -0.2) is 4.39 Å². The van der Waals surface area contributed by atoms with Crippen LogP contribution in [0.15, 0.2) is 42.5 Å². The number of rotatable bonds is 4. The van der Waals surface area contributed by atoms with Crippen molar-refractivity contribution < 1.29 is 14.1 Å². The van der Waals surface area contributed by atoms with Gasteiger partial charge in [0.25, 0.3) is 11.6 Å². The minimum absolute atomic E-state index is 0.0205. The van der Waals surface area contributed by atoms with Crippen molar-refractivity contribution in [2.24, 2.45) is 0 Å². The van der Waals surface area contributed by atoms with Crippen LogP contribution in [0.3, 0.4) is 0 Å². The van der Waals surface area contributed by atoms with Gasteiger partial charge >= 0.3 is 0 Å². The maximum Gasteiger partial charge on any atom is 0.269 e. The lowest BCUT2D eigenvalue weighted by molar-refractivity contribution is -0.384. The van der Waals surface area contributed by atoms with Crippen LogP contribution in [0.2, 0.25) is 0 Å². The number of anilines is 1. The number of nitrogen functional groups attached to an aromatic ring is 1. The van der Waals surface area contributed by atoms with Crippen LogP contribution >= 0.6 is 0 Å². The van der Waals surface area contributed by atoms with E-state index < -0.39 is 16.6 Å². The molecule has 0 aromatic heterocycles. The number of hydrogen-bond acceptors (Lipinski definition) is 4. The van der Waals surface area contributed by atoms with Gasteiger partial charge in [-0.2, -0.15) is 0 Å². The summed E-state index contributed by atoms with van der Waals surface area (Å²) in [5, 5.41) is 13.1. The van der Waals surface area contributed by atoms with Gasteiger partial charge in [0.1, 0.15) is 5.82 Å². The molecule has 2 aromatic carbocycles. The molecule has 0 radical (unpaired) electrons. The molecule has 0 heterocycles. The van der Waals surface area contributed by atoms with Gasteiger partial charge in [-0.15, -0.1) is 0 Å². The second kappa shape index (κ2) is 6.00. The summed E-state index contributed by atoms with van der Waals surface area (Å²) in [6.45, 7) is 0.188. The van der Waals surface area contributed by atoms with Crippen molar-refractivity contribution in [1.29, 1.82) is 0 Å². The van der Waals surface area contributed by atoms with Crippen molar-refractivity contribution in [3.8, 4) is 0 Å². The number of nitro benzene ring substituents is 1. The van der Waals surface area contributed by atoms with Crippen molar-refractivity contribution in [3.05, 3.63) is 69.5 Å². The number of non-ortho nitro benzene ring substituents is 1. The Morgan fingerprint density at radius 3 is 2.48 bits per heavy atom. The second-order valence-corrected chi connectivity index (χ2v) is 4.34. The molecular formula is C14H12FN3O3. The number of benzene rings is 2. The van der Waals surface area contributed by atoms with Gasteiger partial charge in [0.15, 0.2) is 0 Å². The first kappa shape index (κ1) is 14.4. The van der Waals surface area contributed by atoms with Crippen LogP contribution < -0.4 is 11.1 Å². The molecular weight excluding hydrogens is 277 g/mol. The molecule has 21 heavy (non-hydrogen) atoms. The van der Waals surface area contributed by atoms with Crippen molar-refractivity contribution in [2.45, 2.75) is 6.54 Å². The van der Waals surface area contributed by atoms with E-state index in [1.807, 2.05) is 0 Å². The van der Waals surface area contributed by atoms with Gasteiger partial charge in [-0.1, -0.05) is 12.1 Å². The summed E-state index contributed by atoms with van der Waals surface area (Å²) in [6, 6.07) is 9.33. The van der Waals surface area contributed by atoms with Crippen LogP contribution in [-0.2, 0) is 6.54 Å². The molecule has 2 rings (SSSR count). The van der Waals surface area contributed by atoms with E-state index in [1.54, 1.807) is 12.1 Å². The molecule has 0 fully saturated rings. The summed E-state index contributed by atoms with van der Waals surface area (Å²) >= 11 is 0. The minimum Gasteiger partial charge on any atom is -0.398 e. The zero-order valence-electron chi connectivity index (χ0n) is 10.9. The summed E-state index contributed by atoms with van der Waals surface area (Å²) < 4.78 is 12.9.